The zero-order chi connectivity index (χ0) is 28.5. The van der Waals surface area contributed by atoms with Crippen molar-refractivity contribution in [3.8, 4) is 11.5 Å². The summed E-state index contributed by atoms with van der Waals surface area (Å²) in [4.78, 5) is 19.0. The predicted molar refractivity (Wildman–Crippen MR) is 150 cm³/mol. The molecular formula is C30H35N3O6S. The van der Waals surface area contributed by atoms with E-state index >= 15 is 0 Å². The third-order valence-corrected chi connectivity index (χ3v) is 8.75. The fraction of sp³-hybridized carbons (Fsp3) is 0.400. The Balaban J connectivity index is 1.35. The van der Waals surface area contributed by atoms with Gasteiger partial charge < -0.3 is 19.1 Å². The molecule has 10 heteroatoms. The number of hydrogen-bond acceptors (Lipinski definition) is 7. The van der Waals surface area contributed by atoms with Gasteiger partial charge in [-0.3, -0.25) is 4.98 Å². The number of nitrogens with zero attached hydrogens (tertiary/aromatic N) is 3. The zero-order valence-corrected chi connectivity index (χ0v) is 24.1. The maximum atomic E-state index is 13.5. The molecule has 3 aromatic rings. The first kappa shape index (κ1) is 27.9. The second kappa shape index (κ2) is 11.1. The summed E-state index contributed by atoms with van der Waals surface area (Å²) < 4.78 is 45.2. The average molecular weight is 566 g/mol. The van der Waals surface area contributed by atoms with E-state index in [4.69, 9.17) is 19.2 Å². The second-order valence-corrected chi connectivity index (χ2v) is 13.0. The van der Waals surface area contributed by atoms with Crippen molar-refractivity contribution in [1.82, 2.24) is 14.2 Å². The maximum Gasteiger partial charge on any atom is 0.410 e. The van der Waals surface area contributed by atoms with Gasteiger partial charge in [-0.05, 0) is 62.1 Å². The van der Waals surface area contributed by atoms with Crippen molar-refractivity contribution in [3.05, 3.63) is 83.2 Å². The van der Waals surface area contributed by atoms with Gasteiger partial charge in [-0.25, -0.2) is 13.2 Å². The standard InChI is InChI=1S/C30H35N3O6S/c1-30(2,3)39-29(34)32(4)13-12-25(21-8-6-5-7-9-21)26-16-22-19-33(20-23(22)18-31-26)40(35,36)24-10-11-27-28(17-24)38-15-14-37-27/h5-11,16-18,25H,12-15,19-20H2,1-4H3. The Morgan fingerprint density at radius 2 is 1.73 bits per heavy atom. The highest BCUT2D eigenvalue weighted by Crippen LogP contribution is 2.36. The van der Waals surface area contributed by atoms with Crippen molar-refractivity contribution in [2.45, 2.75) is 56.7 Å². The SMILES string of the molecule is CN(CCC(c1ccccc1)c1cc2c(cn1)CN(S(=O)(=O)c1ccc3c(c1)OCCO3)C2)C(=O)OC(C)(C)C. The fourth-order valence-electron chi connectivity index (χ4n) is 4.89. The van der Waals surface area contributed by atoms with Crippen molar-refractivity contribution in [1.29, 1.82) is 0 Å². The zero-order valence-electron chi connectivity index (χ0n) is 23.3. The normalized spacial score (nSPS) is 15.8. The molecule has 1 aromatic heterocycles. The molecule has 0 aliphatic carbocycles. The summed E-state index contributed by atoms with van der Waals surface area (Å²) in [6.07, 6.45) is 2.03. The lowest BCUT2D eigenvalue weighted by molar-refractivity contribution is 0.0295. The molecule has 1 atom stereocenters. The number of aromatic nitrogens is 1. The minimum Gasteiger partial charge on any atom is -0.486 e. The van der Waals surface area contributed by atoms with E-state index < -0.39 is 15.6 Å². The van der Waals surface area contributed by atoms with Crippen LogP contribution in [0, 0.1) is 0 Å². The van der Waals surface area contributed by atoms with Crippen LogP contribution in [0.1, 0.15) is 55.5 Å². The molecule has 0 saturated carbocycles. The largest absolute Gasteiger partial charge is 0.486 e. The Kier molecular flexibility index (Phi) is 7.74. The monoisotopic (exact) mass is 565 g/mol. The minimum atomic E-state index is -3.76. The summed E-state index contributed by atoms with van der Waals surface area (Å²) in [6.45, 7) is 7.33. The van der Waals surface area contributed by atoms with E-state index in [2.05, 4.69) is 0 Å². The van der Waals surface area contributed by atoms with Gasteiger partial charge in [0.25, 0.3) is 0 Å². The number of ether oxygens (including phenoxy) is 3. The number of sulfonamides is 1. The van der Waals surface area contributed by atoms with Crippen molar-refractivity contribution >= 4 is 16.1 Å². The molecule has 0 bridgehead atoms. The fourth-order valence-corrected chi connectivity index (χ4v) is 6.30. The molecule has 2 aliphatic rings. The summed E-state index contributed by atoms with van der Waals surface area (Å²) in [5.41, 5.74) is 3.14. The number of pyridine rings is 1. The number of amides is 1. The van der Waals surface area contributed by atoms with E-state index in [-0.39, 0.29) is 30.0 Å². The van der Waals surface area contributed by atoms with E-state index in [0.29, 0.717) is 37.7 Å². The lowest BCUT2D eigenvalue weighted by Gasteiger charge is -2.26. The lowest BCUT2D eigenvalue weighted by Crippen LogP contribution is -2.35. The number of carbonyl (C=O) groups excluding carboxylic acids is 1. The molecule has 40 heavy (non-hydrogen) atoms. The Labute approximate surface area is 235 Å². The first-order valence-electron chi connectivity index (χ1n) is 13.4. The van der Waals surface area contributed by atoms with E-state index in [0.717, 1.165) is 22.4 Å². The summed E-state index contributed by atoms with van der Waals surface area (Å²) >= 11 is 0. The van der Waals surface area contributed by atoms with E-state index in [1.165, 1.54) is 10.4 Å². The molecule has 0 radical (unpaired) electrons. The summed E-state index contributed by atoms with van der Waals surface area (Å²) in [7, 11) is -2.03. The smallest absolute Gasteiger partial charge is 0.410 e. The molecule has 212 valence electrons. The molecule has 0 spiro atoms. The first-order valence-corrected chi connectivity index (χ1v) is 14.8. The van der Waals surface area contributed by atoms with Crippen LogP contribution in [-0.2, 0) is 27.8 Å². The third kappa shape index (κ3) is 6.08. The molecule has 1 unspecified atom stereocenters. The molecule has 3 heterocycles. The van der Waals surface area contributed by atoms with Crippen LogP contribution in [0.25, 0.3) is 0 Å². The Morgan fingerprint density at radius 1 is 1.02 bits per heavy atom. The minimum absolute atomic E-state index is 0.0835. The topological polar surface area (TPSA) is 98.3 Å². The number of rotatable bonds is 7. The van der Waals surface area contributed by atoms with Crippen LogP contribution in [0.4, 0.5) is 4.79 Å². The molecule has 5 rings (SSSR count). The van der Waals surface area contributed by atoms with Gasteiger partial charge in [0.1, 0.15) is 18.8 Å². The quantitative estimate of drug-likeness (QED) is 0.400. The average Bonchev–Trinajstić information content (AvgIpc) is 3.37. The third-order valence-electron chi connectivity index (χ3n) is 6.97. The number of hydrogen-bond donors (Lipinski definition) is 0. The van der Waals surface area contributed by atoms with Gasteiger partial charge >= 0.3 is 6.09 Å². The van der Waals surface area contributed by atoms with Gasteiger partial charge in [0.2, 0.25) is 10.0 Å². The highest BCUT2D eigenvalue weighted by molar-refractivity contribution is 7.89. The van der Waals surface area contributed by atoms with Gasteiger partial charge in [0.15, 0.2) is 11.5 Å². The van der Waals surface area contributed by atoms with Gasteiger partial charge in [0.05, 0.1) is 4.90 Å². The molecule has 2 aliphatic heterocycles. The predicted octanol–water partition coefficient (Wildman–Crippen LogP) is 4.95. The number of carbonyl (C=O) groups is 1. The van der Waals surface area contributed by atoms with Crippen LogP contribution in [0.2, 0.25) is 0 Å². The van der Waals surface area contributed by atoms with Gasteiger partial charge in [-0.15, -0.1) is 0 Å². The number of benzene rings is 2. The molecule has 0 fully saturated rings. The van der Waals surface area contributed by atoms with Crippen molar-refractivity contribution in [2.75, 3.05) is 26.8 Å². The van der Waals surface area contributed by atoms with E-state index in [1.54, 1.807) is 30.3 Å². The molecule has 0 N–H and O–H groups in total. The Bertz CT molecular complexity index is 1490. The lowest BCUT2D eigenvalue weighted by atomic mass is 9.91. The molecule has 2 aromatic carbocycles. The summed E-state index contributed by atoms with van der Waals surface area (Å²) in [5.74, 6) is 0.905. The Morgan fingerprint density at radius 3 is 2.45 bits per heavy atom. The molecule has 1 amide bonds. The van der Waals surface area contributed by atoms with Crippen LogP contribution in [0.3, 0.4) is 0 Å². The van der Waals surface area contributed by atoms with Crippen molar-refractivity contribution in [2.24, 2.45) is 0 Å². The van der Waals surface area contributed by atoms with E-state index in [9.17, 15) is 13.2 Å². The Hall–Kier alpha value is -3.63. The van der Waals surface area contributed by atoms with Crippen LogP contribution in [-0.4, -0.2) is 61.1 Å². The van der Waals surface area contributed by atoms with Crippen molar-refractivity contribution < 1.29 is 27.4 Å². The van der Waals surface area contributed by atoms with Crippen LogP contribution < -0.4 is 9.47 Å². The summed E-state index contributed by atoms with van der Waals surface area (Å²) in [6, 6.07) is 16.7. The van der Waals surface area contributed by atoms with Gasteiger partial charge in [-0.2, -0.15) is 4.31 Å². The van der Waals surface area contributed by atoms with Gasteiger partial charge in [0, 0.05) is 50.6 Å². The van der Waals surface area contributed by atoms with Crippen LogP contribution >= 0.6 is 0 Å². The molecule has 0 saturated heterocycles. The number of fused-ring (bicyclic) bond motifs is 2. The van der Waals surface area contributed by atoms with Crippen LogP contribution in [0.5, 0.6) is 11.5 Å². The first-order chi connectivity index (χ1) is 19.0. The van der Waals surface area contributed by atoms with Gasteiger partial charge in [-0.1, -0.05) is 30.3 Å². The van der Waals surface area contributed by atoms with Crippen LogP contribution in [0.15, 0.2) is 65.7 Å². The second-order valence-electron chi connectivity index (χ2n) is 11.1. The summed E-state index contributed by atoms with van der Waals surface area (Å²) in [5, 5.41) is 0. The van der Waals surface area contributed by atoms with Crippen molar-refractivity contribution in [3.63, 3.8) is 0 Å². The molecular weight excluding hydrogens is 530 g/mol. The maximum absolute atomic E-state index is 13.5. The van der Waals surface area contributed by atoms with E-state index in [1.807, 2.05) is 57.2 Å². The highest BCUT2D eigenvalue weighted by Gasteiger charge is 2.33. The molecule has 9 nitrogen and oxygen atoms in total. The highest BCUT2D eigenvalue weighted by atomic mass is 32.2.